The van der Waals surface area contributed by atoms with Crippen LogP contribution in [0.2, 0.25) is 0 Å². The first kappa shape index (κ1) is 14.1. The maximum atomic E-state index is 11.9. The maximum Gasteiger partial charge on any atom is 0.237 e. The zero-order valence-corrected chi connectivity index (χ0v) is 12.3. The number of aryl methyl sites for hydroxylation is 2. The molecular formula is C16H24N2O. The van der Waals surface area contributed by atoms with E-state index >= 15 is 0 Å². The molecule has 2 atom stereocenters. The molecular weight excluding hydrogens is 236 g/mol. The summed E-state index contributed by atoms with van der Waals surface area (Å²) in [4.78, 5) is 11.9. The highest BCUT2D eigenvalue weighted by Gasteiger charge is 2.26. The van der Waals surface area contributed by atoms with Crippen LogP contribution in [0.25, 0.3) is 0 Å². The van der Waals surface area contributed by atoms with Gasteiger partial charge >= 0.3 is 0 Å². The topological polar surface area (TPSA) is 41.1 Å². The normalized spacial score (nSPS) is 17.9. The summed E-state index contributed by atoms with van der Waals surface area (Å²) < 4.78 is 0. The van der Waals surface area contributed by atoms with Crippen molar-refractivity contribution in [2.75, 3.05) is 0 Å². The Kier molecular flexibility index (Phi) is 4.25. The number of rotatable bonds is 5. The average Bonchev–Trinajstić information content (AvgIpc) is 3.15. The predicted molar refractivity (Wildman–Crippen MR) is 78.1 cm³/mol. The molecule has 0 aromatic heterocycles. The second kappa shape index (κ2) is 5.74. The molecule has 0 aliphatic heterocycles. The van der Waals surface area contributed by atoms with Crippen LogP contribution in [0.1, 0.15) is 49.4 Å². The van der Waals surface area contributed by atoms with Crippen molar-refractivity contribution in [3.8, 4) is 0 Å². The molecule has 1 aliphatic rings. The zero-order valence-electron chi connectivity index (χ0n) is 12.3. The molecule has 1 amide bonds. The maximum absolute atomic E-state index is 11.9. The van der Waals surface area contributed by atoms with Crippen LogP contribution in [-0.2, 0) is 4.79 Å². The zero-order chi connectivity index (χ0) is 14.0. The van der Waals surface area contributed by atoms with Gasteiger partial charge in [0.2, 0.25) is 5.91 Å². The molecule has 19 heavy (non-hydrogen) atoms. The standard InChI is InChI=1S/C16H24N2O/c1-10-5-6-11(2)15(9-10)12(3)17-13(4)16(19)18-14-7-8-14/h5-6,9,12-14,17H,7-8H2,1-4H3,(H,18,19). The Morgan fingerprint density at radius 1 is 1.26 bits per heavy atom. The molecule has 1 aromatic carbocycles. The van der Waals surface area contributed by atoms with Crippen molar-refractivity contribution in [1.82, 2.24) is 10.6 Å². The van der Waals surface area contributed by atoms with Gasteiger partial charge in [-0.05, 0) is 51.7 Å². The van der Waals surface area contributed by atoms with Gasteiger partial charge < -0.3 is 5.32 Å². The number of nitrogens with one attached hydrogen (secondary N) is 2. The highest BCUT2D eigenvalue weighted by molar-refractivity contribution is 5.81. The molecule has 0 saturated heterocycles. The second-order valence-corrected chi connectivity index (χ2v) is 5.75. The van der Waals surface area contributed by atoms with Crippen LogP contribution >= 0.6 is 0 Å². The Morgan fingerprint density at radius 3 is 2.58 bits per heavy atom. The lowest BCUT2D eigenvalue weighted by Gasteiger charge is -2.21. The van der Waals surface area contributed by atoms with Gasteiger partial charge in [0.15, 0.2) is 0 Å². The van der Waals surface area contributed by atoms with Gasteiger partial charge in [0.05, 0.1) is 6.04 Å². The van der Waals surface area contributed by atoms with E-state index in [0.717, 1.165) is 12.8 Å². The molecule has 1 aromatic rings. The highest BCUT2D eigenvalue weighted by Crippen LogP contribution is 2.20. The number of benzene rings is 1. The van der Waals surface area contributed by atoms with Gasteiger partial charge in [-0.25, -0.2) is 0 Å². The lowest BCUT2D eigenvalue weighted by atomic mass is 9.99. The molecule has 2 unspecified atom stereocenters. The third-order valence-corrected chi connectivity index (χ3v) is 3.72. The van der Waals surface area contributed by atoms with Gasteiger partial charge in [0.25, 0.3) is 0 Å². The van der Waals surface area contributed by atoms with E-state index in [1.54, 1.807) is 0 Å². The van der Waals surface area contributed by atoms with E-state index in [0.29, 0.717) is 6.04 Å². The van der Waals surface area contributed by atoms with Gasteiger partial charge in [-0.2, -0.15) is 0 Å². The molecule has 3 heteroatoms. The molecule has 2 rings (SSSR count). The Balaban J connectivity index is 1.97. The summed E-state index contributed by atoms with van der Waals surface area (Å²) in [6, 6.07) is 6.90. The Hall–Kier alpha value is -1.35. The van der Waals surface area contributed by atoms with Crippen LogP contribution in [0.15, 0.2) is 18.2 Å². The third kappa shape index (κ3) is 3.80. The van der Waals surface area contributed by atoms with E-state index in [4.69, 9.17) is 0 Å². The largest absolute Gasteiger partial charge is 0.352 e. The Morgan fingerprint density at radius 2 is 1.95 bits per heavy atom. The van der Waals surface area contributed by atoms with Crippen molar-refractivity contribution in [3.05, 3.63) is 34.9 Å². The lowest BCUT2D eigenvalue weighted by Crippen LogP contribution is -2.44. The monoisotopic (exact) mass is 260 g/mol. The molecule has 1 fully saturated rings. The molecule has 0 bridgehead atoms. The smallest absolute Gasteiger partial charge is 0.237 e. The fourth-order valence-electron chi connectivity index (χ4n) is 2.32. The summed E-state index contributed by atoms with van der Waals surface area (Å²) in [5.41, 5.74) is 3.79. The fraction of sp³-hybridized carbons (Fsp3) is 0.562. The Labute approximate surface area is 115 Å². The van der Waals surface area contributed by atoms with Crippen molar-refractivity contribution >= 4 is 5.91 Å². The number of hydrogen-bond acceptors (Lipinski definition) is 2. The SMILES string of the molecule is Cc1ccc(C)c(C(C)NC(C)C(=O)NC2CC2)c1. The summed E-state index contributed by atoms with van der Waals surface area (Å²) in [7, 11) is 0. The molecule has 3 nitrogen and oxygen atoms in total. The predicted octanol–water partition coefficient (Wildman–Crippen LogP) is 2.62. The van der Waals surface area contributed by atoms with E-state index in [9.17, 15) is 4.79 Å². The van der Waals surface area contributed by atoms with E-state index in [-0.39, 0.29) is 18.0 Å². The minimum Gasteiger partial charge on any atom is -0.352 e. The van der Waals surface area contributed by atoms with Gasteiger partial charge in [0.1, 0.15) is 0 Å². The number of amides is 1. The van der Waals surface area contributed by atoms with Crippen LogP contribution in [-0.4, -0.2) is 18.0 Å². The Bertz CT molecular complexity index is 466. The quantitative estimate of drug-likeness (QED) is 0.854. The van der Waals surface area contributed by atoms with Crippen molar-refractivity contribution in [2.45, 2.75) is 58.7 Å². The van der Waals surface area contributed by atoms with Crippen molar-refractivity contribution in [2.24, 2.45) is 0 Å². The van der Waals surface area contributed by atoms with E-state index < -0.39 is 0 Å². The summed E-state index contributed by atoms with van der Waals surface area (Å²) in [6.45, 7) is 8.25. The van der Waals surface area contributed by atoms with Crippen LogP contribution in [0.4, 0.5) is 0 Å². The van der Waals surface area contributed by atoms with Crippen molar-refractivity contribution in [3.63, 3.8) is 0 Å². The summed E-state index contributed by atoms with van der Waals surface area (Å²) in [5.74, 6) is 0.111. The van der Waals surface area contributed by atoms with Gasteiger partial charge in [-0.1, -0.05) is 23.8 Å². The first-order valence-electron chi connectivity index (χ1n) is 7.11. The minimum atomic E-state index is -0.157. The minimum absolute atomic E-state index is 0.111. The molecule has 104 valence electrons. The third-order valence-electron chi connectivity index (χ3n) is 3.72. The average molecular weight is 260 g/mol. The van der Waals surface area contributed by atoms with Crippen LogP contribution < -0.4 is 10.6 Å². The number of carbonyl (C=O) groups excluding carboxylic acids is 1. The van der Waals surface area contributed by atoms with Crippen molar-refractivity contribution in [1.29, 1.82) is 0 Å². The van der Waals surface area contributed by atoms with Crippen LogP contribution in [0.3, 0.4) is 0 Å². The first-order valence-corrected chi connectivity index (χ1v) is 7.11. The van der Waals surface area contributed by atoms with Gasteiger partial charge in [0, 0.05) is 12.1 Å². The number of carbonyl (C=O) groups is 1. The first-order chi connectivity index (χ1) is 8.97. The van der Waals surface area contributed by atoms with E-state index in [2.05, 4.69) is 49.6 Å². The molecule has 0 heterocycles. The van der Waals surface area contributed by atoms with E-state index in [1.807, 2.05) is 6.92 Å². The van der Waals surface area contributed by atoms with Crippen LogP contribution in [0, 0.1) is 13.8 Å². The van der Waals surface area contributed by atoms with Gasteiger partial charge in [-0.15, -0.1) is 0 Å². The summed E-state index contributed by atoms with van der Waals surface area (Å²) in [5, 5.41) is 6.42. The van der Waals surface area contributed by atoms with Crippen LogP contribution in [0.5, 0.6) is 0 Å². The molecule has 1 aliphatic carbocycles. The fourth-order valence-corrected chi connectivity index (χ4v) is 2.32. The number of hydrogen-bond donors (Lipinski definition) is 2. The highest BCUT2D eigenvalue weighted by atomic mass is 16.2. The second-order valence-electron chi connectivity index (χ2n) is 5.75. The molecule has 2 N–H and O–H groups in total. The molecule has 1 saturated carbocycles. The van der Waals surface area contributed by atoms with Crippen molar-refractivity contribution < 1.29 is 4.79 Å². The molecule has 0 radical (unpaired) electrons. The summed E-state index contributed by atoms with van der Waals surface area (Å²) in [6.07, 6.45) is 2.26. The summed E-state index contributed by atoms with van der Waals surface area (Å²) >= 11 is 0. The lowest BCUT2D eigenvalue weighted by molar-refractivity contribution is -0.123. The molecule has 0 spiro atoms. The van der Waals surface area contributed by atoms with E-state index in [1.165, 1.54) is 16.7 Å². The van der Waals surface area contributed by atoms with Gasteiger partial charge in [-0.3, -0.25) is 10.1 Å².